The average Bonchev–Trinajstić information content (AvgIpc) is 2.30. The highest BCUT2D eigenvalue weighted by molar-refractivity contribution is 5.66. The van der Waals surface area contributed by atoms with Gasteiger partial charge in [-0.2, -0.15) is 0 Å². The van der Waals surface area contributed by atoms with Crippen LogP contribution in [0.25, 0.3) is 0 Å². The van der Waals surface area contributed by atoms with E-state index in [0.29, 0.717) is 0 Å². The number of nitrogens with one attached hydrogen (secondary N) is 1. The van der Waals surface area contributed by atoms with Crippen molar-refractivity contribution in [3.05, 3.63) is 0 Å². The summed E-state index contributed by atoms with van der Waals surface area (Å²) in [6, 6.07) is 0. The van der Waals surface area contributed by atoms with Crippen molar-refractivity contribution in [3.63, 3.8) is 0 Å². The standard InChI is InChI=1S/C15H31NO2/c1-4-5-6-7-8-12-16-13-11-15(2,3)10-9-14(17)18/h16H,4-13H2,1-3H3,(H,17,18). The minimum atomic E-state index is -0.688. The Labute approximate surface area is 112 Å². The molecule has 0 unspecified atom stereocenters. The molecule has 0 saturated heterocycles. The third-order valence-electron chi connectivity index (χ3n) is 3.45. The van der Waals surface area contributed by atoms with Crippen LogP contribution in [0.1, 0.15) is 72.1 Å². The smallest absolute Gasteiger partial charge is 0.303 e. The van der Waals surface area contributed by atoms with Crippen molar-refractivity contribution in [2.45, 2.75) is 72.1 Å². The minimum absolute atomic E-state index is 0.133. The Balaban J connectivity index is 3.38. The molecule has 0 rings (SSSR count). The number of carboxylic acid groups (broad SMARTS) is 1. The fourth-order valence-electron chi connectivity index (χ4n) is 1.98. The Bertz CT molecular complexity index is 215. The summed E-state index contributed by atoms with van der Waals surface area (Å²) in [6.45, 7) is 8.63. The van der Waals surface area contributed by atoms with E-state index in [-0.39, 0.29) is 11.8 Å². The van der Waals surface area contributed by atoms with E-state index < -0.39 is 5.97 Å². The van der Waals surface area contributed by atoms with Gasteiger partial charge in [-0.1, -0.05) is 46.5 Å². The molecule has 0 saturated carbocycles. The molecule has 0 bridgehead atoms. The van der Waals surface area contributed by atoms with Crippen LogP contribution in [0.5, 0.6) is 0 Å². The summed E-state index contributed by atoms with van der Waals surface area (Å²) >= 11 is 0. The van der Waals surface area contributed by atoms with Gasteiger partial charge >= 0.3 is 5.97 Å². The van der Waals surface area contributed by atoms with Crippen LogP contribution in [0.3, 0.4) is 0 Å². The van der Waals surface area contributed by atoms with Gasteiger partial charge in [-0.3, -0.25) is 4.79 Å². The molecule has 108 valence electrons. The third kappa shape index (κ3) is 11.9. The number of aliphatic carboxylic acids is 1. The van der Waals surface area contributed by atoms with E-state index in [1.165, 1.54) is 32.1 Å². The van der Waals surface area contributed by atoms with Crippen molar-refractivity contribution in [1.82, 2.24) is 5.32 Å². The second kappa shape index (κ2) is 10.4. The molecule has 0 aromatic heterocycles. The van der Waals surface area contributed by atoms with Gasteiger partial charge in [0.1, 0.15) is 0 Å². The fraction of sp³-hybridized carbons (Fsp3) is 0.933. The van der Waals surface area contributed by atoms with E-state index in [0.717, 1.165) is 25.9 Å². The molecule has 0 aliphatic carbocycles. The number of carboxylic acids is 1. The molecule has 18 heavy (non-hydrogen) atoms. The highest BCUT2D eigenvalue weighted by Crippen LogP contribution is 2.25. The lowest BCUT2D eigenvalue weighted by Gasteiger charge is -2.23. The molecule has 0 aromatic carbocycles. The van der Waals surface area contributed by atoms with Crippen LogP contribution in [0.4, 0.5) is 0 Å². The monoisotopic (exact) mass is 257 g/mol. The Morgan fingerprint density at radius 2 is 1.72 bits per heavy atom. The molecule has 2 N–H and O–H groups in total. The van der Waals surface area contributed by atoms with Gasteiger partial charge < -0.3 is 10.4 Å². The van der Waals surface area contributed by atoms with Gasteiger partial charge in [-0.25, -0.2) is 0 Å². The van der Waals surface area contributed by atoms with E-state index in [1.54, 1.807) is 0 Å². The quantitative estimate of drug-likeness (QED) is 0.522. The maximum Gasteiger partial charge on any atom is 0.303 e. The number of unbranched alkanes of at least 4 members (excludes halogenated alkanes) is 4. The largest absolute Gasteiger partial charge is 0.481 e. The lowest BCUT2D eigenvalue weighted by atomic mass is 9.84. The van der Waals surface area contributed by atoms with Crippen molar-refractivity contribution < 1.29 is 9.90 Å². The van der Waals surface area contributed by atoms with Crippen molar-refractivity contribution in [2.24, 2.45) is 5.41 Å². The maximum absolute atomic E-state index is 10.5. The zero-order valence-corrected chi connectivity index (χ0v) is 12.4. The molecule has 0 heterocycles. The molecule has 0 amide bonds. The molecular formula is C15H31NO2. The summed E-state index contributed by atoms with van der Waals surface area (Å²) < 4.78 is 0. The normalized spacial score (nSPS) is 11.7. The van der Waals surface area contributed by atoms with Gasteiger partial charge in [0.25, 0.3) is 0 Å². The third-order valence-corrected chi connectivity index (χ3v) is 3.45. The van der Waals surface area contributed by atoms with Crippen LogP contribution in [-0.2, 0) is 4.79 Å². The molecule has 3 nitrogen and oxygen atoms in total. The lowest BCUT2D eigenvalue weighted by molar-refractivity contribution is -0.137. The fourth-order valence-corrected chi connectivity index (χ4v) is 1.98. The highest BCUT2D eigenvalue weighted by Gasteiger charge is 2.18. The van der Waals surface area contributed by atoms with Gasteiger partial charge in [-0.15, -0.1) is 0 Å². The van der Waals surface area contributed by atoms with Gasteiger partial charge in [0.15, 0.2) is 0 Å². The van der Waals surface area contributed by atoms with Crippen molar-refractivity contribution >= 4 is 5.97 Å². The first-order valence-corrected chi connectivity index (χ1v) is 7.40. The summed E-state index contributed by atoms with van der Waals surface area (Å²) in [5.41, 5.74) is 0.133. The van der Waals surface area contributed by atoms with Crippen LogP contribution in [0, 0.1) is 5.41 Å². The SMILES string of the molecule is CCCCCCCNCCC(C)(C)CCC(=O)O. The minimum Gasteiger partial charge on any atom is -0.481 e. The zero-order chi connectivity index (χ0) is 13.9. The van der Waals surface area contributed by atoms with E-state index in [2.05, 4.69) is 26.1 Å². The van der Waals surface area contributed by atoms with E-state index in [9.17, 15) is 4.79 Å². The maximum atomic E-state index is 10.5. The van der Waals surface area contributed by atoms with Crippen LogP contribution in [0.2, 0.25) is 0 Å². The molecule has 0 radical (unpaired) electrons. The summed E-state index contributed by atoms with van der Waals surface area (Å²) in [7, 11) is 0. The Kier molecular flexibility index (Phi) is 10.0. The van der Waals surface area contributed by atoms with Crippen molar-refractivity contribution in [1.29, 1.82) is 0 Å². The number of hydrogen-bond acceptors (Lipinski definition) is 2. The molecule has 3 heteroatoms. The molecule has 0 atom stereocenters. The van der Waals surface area contributed by atoms with Crippen LogP contribution < -0.4 is 5.32 Å². The topological polar surface area (TPSA) is 49.3 Å². The van der Waals surface area contributed by atoms with Crippen molar-refractivity contribution in [3.8, 4) is 0 Å². The second-order valence-corrected chi connectivity index (χ2v) is 5.97. The van der Waals surface area contributed by atoms with Gasteiger partial charge in [0, 0.05) is 6.42 Å². The first-order chi connectivity index (χ1) is 8.48. The molecule has 0 aromatic rings. The van der Waals surface area contributed by atoms with Crippen LogP contribution in [-0.4, -0.2) is 24.2 Å². The Morgan fingerprint density at radius 1 is 1.06 bits per heavy atom. The zero-order valence-electron chi connectivity index (χ0n) is 12.4. The Morgan fingerprint density at radius 3 is 2.33 bits per heavy atom. The van der Waals surface area contributed by atoms with Crippen molar-refractivity contribution in [2.75, 3.05) is 13.1 Å². The van der Waals surface area contributed by atoms with Gasteiger partial charge in [0.05, 0.1) is 0 Å². The molecule has 0 spiro atoms. The summed E-state index contributed by atoms with van der Waals surface area (Å²) in [6.07, 6.45) is 8.67. The molecule has 0 fully saturated rings. The summed E-state index contributed by atoms with van der Waals surface area (Å²) in [5, 5.41) is 12.1. The number of rotatable bonds is 12. The molecule has 0 aliphatic rings. The Hall–Kier alpha value is -0.570. The van der Waals surface area contributed by atoms with Gasteiger partial charge in [0.2, 0.25) is 0 Å². The average molecular weight is 257 g/mol. The second-order valence-electron chi connectivity index (χ2n) is 5.97. The summed E-state index contributed by atoms with van der Waals surface area (Å²) in [5.74, 6) is -0.688. The number of hydrogen-bond donors (Lipinski definition) is 2. The molecular weight excluding hydrogens is 226 g/mol. The summed E-state index contributed by atoms with van der Waals surface area (Å²) in [4.78, 5) is 10.5. The van der Waals surface area contributed by atoms with Gasteiger partial charge in [-0.05, 0) is 37.8 Å². The highest BCUT2D eigenvalue weighted by atomic mass is 16.4. The van der Waals surface area contributed by atoms with E-state index in [1.807, 2.05) is 0 Å². The number of carbonyl (C=O) groups is 1. The van der Waals surface area contributed by atoms with Crippen LogP contribution >= 0.6 is 0 Å². The first kappa shape index (κ1) is 17.4. The first-order valence-electron chi connectivity index (χ1n) is 7.40. The predicted molar refractivity (Wildman–Crippen MR) is 76.9 cm³/mol. The van der Waals surface area contributed by atoms with E-state index >= 15 is 0 Å². The van der Waals surface area contributed by atoms with E-state index in [4.69, 9.17) is 5.11 Å². The lowest BCUT2D eigenvalue weighted by Crippen LogP contribution is -2.23. The van der Waals surface area contributed by atoms with Crippen LogP contribution in [0.15, 0.2) is 0 Å². The predicted octanol–water partition coefficient (Wildman–Crippen LogP) is 3.83. The molecule has 0 aliphatic heterocycles.